The maximum Gasteiger partial charge on any atom is 0.116 e. The fourth-order valence-electron chi connectivity index (χ4n) is 2.36. The van der Waals surface area contributed by atoms with Crippen molar-refractivity contribution in [3.63, 3.8) is 0 Å². The van der Waals surface area contributed by atoms with Gasteiger partial charge in [-0.25, -0.2) is 4.98 Å². The summed E-state index contributed by atoms with van der Waals surface area (Å²) in [5.74, 6) is 0. The van der Waals surface area contributed by atoms with Gasteiger partial charge in [-0.3, -0.25) is 4.90 Å². The zero-order valence-electron chi connectivity index (χ0n) is 11.7. The number of piperazine rings is 1. The van der Waals surface area contributed by atoms with E-state index in [1.54, 1.807) is 11.3 Å². The highest BCUT2D eigenvalue weighted by molar-refractivity contribution is 7.81. The number of nitrogens with two attached hydrogens (primary N) is 1. The first-order valence-electron chi connectivity index (χ1n) is 6.87. The van der Waals surface area contributed by atoms with Gasteiger partial charge in [-0.05, 0) is 13.0 Å². The number of hydrogen-bond donors (Lipinski definition) is 1. The van der Waals surface area contributed by atoms with E-state index in [-0.39, 0.29) is 0 Å². The van der Waals surface area contributed by atoms with Crippen LogP contribution in [-0.4, -0.2) is 52.5 Å². The van der Waals surface area contributed by atoms with E-state index in [1.165, 1.54) is 0 Å². The van der Waals surface area contributed by atoms with Crippen molar-refractivity contribution in [2.45, 2.75) is 26.8 Å². The molecule has 0 saturated carbocycles. The van der Waals surface area contributed by atoms with Crippen LogP contribution in [0.3, 0.4) is 0 Å². The van der Waals surface area contributed by atoms with Crippen LogP contribution in [-0.2, 0) is 13.0 Å². The van der Waals surface area contributed by atoms with Gasteiger partial charge in [0.2, 0.25) is 0 Å². The van der Waals surface area contributed by atoms with Gasteiger partial charge in [0.1, 0.15) is 10.00 Å². The van der Waals surface area contributed by atoms with E-state index in [0.29, 0.717) is 4.99 Å². The Hall–Kier alpha value is -0.560. The summed E-state index contributed by atoms with van der Waals surface area (Å²) in [6.45, 7) is 11.0. The maximum absolute atomic E-state index is 5.75. The molecule has 0 unspecified atom stereocenters. The number of aryl methyl sites for hydroxylation is 1. The van der Waals surface area contributed by atoms with Crippen LogP contribution in [0.4, 0.5) is 0 Å². The molecule has 0 atom stereocenters. The highest BCUT2D eigenvalue weighted by atomic mass is 32.1. The predicted molar refractivity (Wildman–Crippen MR) is 84.8 cm³/mol. The standard InChI is InChI=1S/C13H22N4S2/c1-3-10-12(13(14)18)19-11(15-10)9-17-7-5-16(4-2)6-8-17/h3-9H2,1-2H3,(H2,14,18). The van der Waals surface area contributed by atoms with Crippen molar-refractivity contribution >= 4 is 28.5 Å². The van der Waals surface area contributed by atoms with E-state index >= 15 is 0 Å². The molecular weight excluding hydrogens is 276 g/mol. The Balaban J connectivity index is 1.98. The highest BCUT2D eigenvalue weighted by Gasteiger charge is 2.18. The first-order valence-corrected chi connectivity index (χ1v) is 8.09. The topological polar surface area (TPSA) is 45.4 Å². The number of thiazole rings is 1. The monoisotopic (exact) mass is 298 g/mol. The first kappa shape index (κ1) is 14.8. The highest BCUT2D eigenvalue weighted by Crippen LogP contribution is 2.21. The van der Waals surface area contributed by atoms with Gasteiger partial charge in [0, 0.05) is 26.2 Å². The van der Waals surface area contributed by atoms with Crippen molar-refractivity contribution in [1.82, 2.24) is 14.8 Å². The summed E-state index contributed by atoms with van der Waals surface area (Å²) in [6, 6.07) is 0. The molecular formula is C13H22N4S2. The summed E-state index contributed by atoms with van der Waals surface area (Å²) in [5, 5.41) is 1.14. The summed E-state index contributed by atoms with van der Waals surface area (Å²) in [5.41, 5.74) is 6.81. The van der Waals surface area contributed by atoms with Gasteiger partial charge in [-0.1, -0.05) is 26.1 Å². The lowest BCUT2D eigenvalue weighted by Gasteiger charge is -2.33. The van der Waals surface area contributed by atoms with Gasteiger partial charge in [0.25, 0.3) is 0 Å². The van der Waals surface area contributed by atoms with E-state index in [9.17, 15) is 0 Å². The van der Waals surface area contributed by atoms with E-state index < -0.39 is 0 Å². The predicted octanol–water partition coefficient (Wildman–Crippen LogP) is 1.48. The molecule has 0 aromatic carbocycles. The van der Waals surface area contributed by atoms with Crippen LogP contribution < -0.4 is 5.73 Å². The lowest BCUT2D eigenvalue weighted by Crippen LogP contribution is -2.45. The minimum Gasteiger partial charge on any atom is -0.389 e. The largest absolute Gasteiger partial charge is 0.389 e. The normalized spacial score (nSPS) is 17.8. The molecule has 4 nitrogen and oxygen atoms in total. The van der Waals surface area contributed by atoms with Crippen LogP contribution in [0.25, 0.3) is 0 Å². The first-order chi connectivity index (χ1) is 9.13. The zero-order chi connectivity index (χ0) is 13.8. The van der Waals surface area contributed by atoms with Crippen molar-refractivity contribution in [2.24, 2.45) is 5.73 Å². The van der Waals surface area contributed by atoms with Gasteiger partial charge in [-0.15, -0.1) is 11.3 Å². The third-order valence-corrected chi connectivity index (χ3v) is 5.02. The Labute approximate surface area is 124 Å². The van der Waals surface area contributed by atoms with Crippen molar-refractivity contribution in [3.8, 4) is 0 Å². The van der Waals surface area contributed by atoms with E-state index in [2.05, 4.69) is 28.6 Å². The second-order valence-electron chi connectivity index (χ2n) is 4.81. The van der Waals surface area contributed by atoms with E-state index in [4.69, 9.17) is 18.0 Å². The molecule has 0 radical (unpaired) electrons. The minimum absolute atomic E-state index is 0.483. The number of thiocarbonyl (C=S) groups is 1. The van der Waals surface area contributed by atoms with Crippen LogP contribution >= 0.6 is 23.6 Å². The third kappa shape index (κ3) is 3.72. The molecule has 0 amide bonds. The average molecular weight is 298 g/mol. The smallest absolute Gasteiger partial charge is 0.116 e. The van der Waals surface area contributed by atoms with Crippen LogP contribution in [0.5, 0.6) is 0 Å². The van der Waals surface area contributed by atoms with Crippen LogP contribution in [0.15, 0.2) is 0 Å². The van der Waals surface area contributed by atoms with Gasteiger partial charge >= 0.3 is 0 Å². The summed E-state index contributed by atoms with van der Waals surface area (Å²) in [4.78, 5) is 11.1. The lowest BCUT2D eigenvalue weighted by atomic mass is 10.3. The zero-order valence-corrected chi connectivity index (χ0v) is 13.3. The lowest BCUT2D eigenvalue weighted by molar-refractivity contribution is 0.132. The second-order valence-corrected chi connectivity index (χ2v) is 6.34. The second kappa shape index (κ2) is 6.74. The minimum atomic E-state index is 0.483. The molecule has 6 heteroatoms. The number of rotatable bonds is 5. The van der Waals surface area contributed by atoms with E-state index in [1.807, 2.05) is 0 Å². The molecule has 19 heavy (non-hydrogen) atoms. The third-order valence-electron chi connectivity index (χ3n) is 3.57. The summed E-state index contributed by atoms with van der Waals surface area (Å²) < 4.78 is 0. The number of likely N-dealkylation sites (N-methyl/N-ethyl adjacent to an activating group) is 1. The fraction of sp³-hybridized carbons (Fsp3) is 0.692. The van der Waals surface area contributed by atoms with Crippen molar-refractivity contribution < 1.29 is 0 Å². The molecule has 1 aliphatic rings. The Morgan fingerprint density at radius 3 is 2.37 bits per heavy atom. The molecule has 0 aliphatic carbocycles. The molecule has 2 N–H and O–H groups in total. The quantitative estimate of drug-likeness (QED) is 0.834. The van der Waals surface area contributed by atoms with Crippen molar-refractivity contribution in [1.29, 1.82) is 0 Å². The van der Waals surface area contributed by atoms with Crippen LogP contribution in [0.2, 0.25) is 0 Å². The van der Waals surface area contributed by atoms with Gasteiger partial charge in [-0.2, -0.15) is 0 Å². The molecule has 1 aromatic heterocycles. The molecule has 1 aromatic rings. The SMILES string of the molecule is CCc1nc(CN2CCN(CC)CC2)sc1C(N)=S. The maximum atomic E-state index is 5.75. The van der Waals surface area contributed by atoms with Crippen molar-refractivity contribution in [2.75, 3.05) is 32.7 Å². The van der Waals surface area contributed by atoms with Crippen LogP contribution in [0, 0.1) is 0 Å². The van der Waals surface area contributed by atoms with E-state index in [0.717, 1.165) is 61.3 Å². The molecule has 1 aliphatic heterocycles. The molecule has 2 rings (SSSR count). The number of hydrogen-bond acceptors (Lipinski definition) is 5. The molecule has 0 bridgehead atoms. The average Bonchev–Trinajstić information content (AvgIpc) is 2.83. The Morgan fingerprint density at radius 1 is 1.26 bits per heavy atom. The Morgan fingerprint density at radius 2 is 1.89 bits per heavy atom. The van der Waals surface area contributed by atoms with Gasteiger partial charge in [0.15, 0.2) is 0 Å². The van der Waals surface area contributed by atoms with Gasteiger partial charge < -0.3 is 10.6 Å². The van der Waals surface area contributed by atoms with Crippen LogP contribution in [0.1, 0.15) is 29.4 Å². The molecule has 2 heterocycles. The summed E-state index contributed by atoms with van der Waals surface area (Å²) in [6.07, 6.45) is 0.896. The Kier molecular flexibility index (Phi) is 5.27. The fourth-order valence-corrected chi connectivity index (χ4v) is 3.65. The molecule has 1 fully saturated rings. The molecule has 0 spiro atoms. The molecule has 1 saturated heterocycles. The summed E-state index contributed by atoms with van der Waals surface area (Å²) in [7, 11) is 0. The van der Waals surface area contributed by atoms with Crippen molar-refractivity contribution in [3.05, 3.63) is 15.6 Å². The number of aromatic nitrogens is 1. The summed E-state index contributed by atoms with van der Waals surface area (Å²) >= 11 is 6.75. The van der Waals surface area contributed by atoms with Gasteiger partial charge in [0.05, 0.1) is 17.1 Å². The molecule has 106 valence electrons. The number of nitrogens with zero attached hydrogens (tertiary/aromatic N) is 3. The Bertz CT molecular complexity index is 436.